The summed E-state index contributed by atoms with van der Waals surface area (Å²) >= 11 is 1.45. The van der Waals surface area contributed by atoms with Crippen molar-refractivity contribution in [3.8, 4) is 0 Å². The number of benzene rings is 1. The number of anilines is 2. The van der Waals surface area contributed by atoms with Crippen molar-refractivity contribution < 1.29 is 19.4 Å². The summed E-state index contributed by atoms with van der Waals surface area (Å²) in [7, 11) is 1.94. The molecule has 1 atom stereocenters. The lowest BCUT2D eigenvalue weighted by Gasteiger charge is -2.30. The SMILES string of the molecule is CSc1ncc2c(n1)N(C)CCN(c1cccc(COC(CCN(CC(C)(C)C)C(=O)O)C(C)C)c1)C2=O. The molecule has 3 rings (SSSR count). The molecule has 0 aliphatic carbocycles. The van der Waals surface area contributed by atoms with Gasteiger partial charge in [-0.25, -0.2) is 14.8 Å². The highest BCUT2D eigenvalue weighted by Crippen LogP contribution is 2.28. The molecule has 0 radical (unpaired) electrons. The Kier molecular flexibility index (Phi) is 10.0. The molecule has 1 aliphatic heterocycles. The van der Waals surface area contributed by atoms with Crippen molar-refractivity contribution in [3.63, 3.8) is 0 Å². The van der Waals surface area contributed by atoms with Gasteiger partial charge < -0.3 is 24.5 Å². The Labute approximate surface area is 230 Å². The summed E-state index contributed by atoms with van der Waals surface area (Å²) in [6, 6.07) is 7.84. The van der Waals surface area contributed by atoms with Crippen LogP contribution in [0.25, 0.3) is 0 Å². The minimum atomic E-state index is -0.903. The highest BCUT2D eigenvalue weighted by atomic mass is 32.2. The van der Waals surface area contributed by atoms with Gasteiger partial charge in [-0.15, -0.1) is 0 Å². The van der Waals surface area contributed by atoms with E-state index >= 15 is 0 Å². The normalized spacial score (nSPS) is 14.9. The van der Waals surface area contributed by atoms with Crippen LogP contribution in [0.5, 0.6) is 0 Å². The number of hydrogen-bond acceptors (Lipinski definition) is 7. The molecule has 1 aromatic carbocycles. The molecule has 1 unspecified atom stereocenters. The molecule has 0 fully saturated rings. The number of likely N-dealkylation sites (N-methyl/N-ethyl adjacent to an activating group) is 1. The van der Waals surface area contributed by atoms with Crippen LogP contribution in [0.15, 0.2) is 35.6 Å². The van der Waals surface area contributed by atoms with Gasteiger partial charge in [-0.2, -0.15) is 0 Å². The van der Waals surface area contributed by atoms with Crippen LogP contribution in [-0.4, -0.2) is 77.6 Å². The number of ether oxygens (including phenoxy) is 1. The molecule has 1 aromatic heterocycles. The van der Waals surface area contributed by atoms with E-state index in [0.29, 0.717) is 55.7 Å². The number of aromatic nitrogens is 2. The van der Waals surface area contributed by atoms with Gasteiger partial charge in [0, 0.05) is 45.1 Å². The zero-order chi connectivity index (χ0) is 28.0. The zero-order valence-electron chi connectivity index (χ0n) is 23.6. The molecule has 2 heterocycles. The molecule has 10 heteroatoms. The van der Waals surface area contributed by atoms with Crippen molar-refractivity contribution in [3.05, 3.63) is 41.6 Å². The van der Waals surface area contributed by atoms with Crippen molar-refractivity contribution in [1.82, 2.24) is 14.9 Å². The van der Waals surface area contributed by atoms with Crippen LogP contribution >= 0.6 is 11.8 Å². The molecule has 9 nitrogen and oxygen atoms in total. The highest BCUT2D eigenvalue weighted by molar-refractivity contribution is 7.98. The number of carbonyl (C=O) groups excluding carboxylic acids is 1. The Hall–Kier alpha value is -2.85. The predicted molar refractivity (Wildman–Crippen MR) is 152 cm³/mol. The van der Waals surface area contributed by atoms with E-state index < -0.39 is 6.09 Å². The molecule has 0 saturated heterocycles. The van der Waals surface area contributed by atoms with Gasteiger partial charge in [-0.1, -0.05) is 58.5 Å². The summed E-state index contributed by atoms with van der Waals surface area (Å²) in [5.41, 5.74) is 2.13. The van der Waals surface area contributed by atoms with Crippen LogP contribution in [0.3, 0.4) is 0 Å². The smallest absolute Gasteiger partial charge is 0.407 e. The van der Waals surface area contributed by atoms with Gasteiger partial charge in [0.05, 0.1) is 12.7 Å². The molecule has 1 aliphatic rings. The van der Waals surface area contributed by atoms with Crippen molar-refractivity contribution in [2.45, 2.75) is 58.9 Å². The van der Waals surface area contributed by atoms with E-state index in [1.807, 2.05) is 63.2 Å². The van der Waals surface area contributed by atoms with Gasteiger partial charge in [-0.3, -0.25) is 4.79 Å². The van der Waals surface area contributed by atoms with Crippen molar-refractivity contribution in [2.75, 3.05) is 49.3 Å². The Bertz CT molecular complexity index is 1120. The molecule has 0 bridgehead atoms. The Morgan fingerprint density at radius 1 is 1.26 bits per heavy atom. The average Bonchev–Trinajstić information content (AvgIpc) is 2.98. The molecular formula is C28H41N5O4S. The average molecular weight is 544 g/mol. The fourth-order valence-electron chi connectivity index (χ4n) is 4.47. The minimum absolute atomic E-state index is 0.0939. The van der Waals surface area contributed by atoms with Crippen molar-refractivity contribution in [2.24, 2.45) is 11.3 Å². The van der Waals surface area contributed by atoms with Gasteiger partial charge in [0.2, 0.25) is 0 Å². The summed E-state index contributed by atoms with van der Waals surface area (Å²) in [5, 5.41) is 10.3. The fourth-order valence-corrected chi connectivity index (χ4v) is 4.81. The molecule has 208 valence electrons. The first-order chi connectivity index (χ1) is 17.9. The number of hydrogen-bond donors (Lipinski definition) is 1. The summed E-state index contributed by atoms with van der Waals surface area (Å²) in [6.45, 7) is 12.7. The summed E-state index contributed by atoms with van der Waals surface area (Å²) in [4.78, 5) is 39.4. The quantitative estimate of drug-likeness (QED) is 0.320. The third kappa shape index (κ3) is 7.83. The van der Waals surface area contributed by atoms with Gasteiger partial charge in [0.15, 0.2) is 5.16 Å². The molecule has 0 spiro atoms. The second-order valence-electron chi connectivity index (χ2n) is 11.3. The predicted octanol–water partition coefficient (Wildman–Crippen LogP) is 5.25. The third-order valence-electron chi connectivity index (χ3n) is 6.47. The summed E-state index contributed by atoms with van der Waals surface area (Å²) < 4.78 is 6.29. The number of thioether (sulfide) groups is 1. The number of carbonyl (C=O) groups is 2. The monoisotopic (exact) mass is 543 g/mol. The van der Waals surface area contributed by atoms with Gasteiger partial charge in [-0.05, 0) is 41.7 Å². The maximum absolute atomic E-state index is 13.5. The van der Waals surface area contributed by atoms with Crippen LogP contribution < -0.4 is 9.80 Å². The first kappa shape index (κ1) is 29.7. The molecule has 1 N–H and O–H groups in total. The number of amides is 2. The van der Waals surface area contributed by atoms with Gasteiger partial charge in [0.1, 0.15) is 11.4 Å². The van der Waals surface area contributed by atoms with Crippen molar-refractivity contribution >= 4 is 35.3 Å². The Morgan fingerprint density at radius 2 is 2.00 bits per heavy atom. The maximum Gasteiger partial charge on any atom is 0.407 e. The van der Waals surface area contributed by atoms with Crippen LogP contribution in [0, 0.1) is 11.3 Å². The maximum atomic E-state index is 13.5. The lowest BCUT2D eigenvalue weighted by Crippen LogP contribution is -2.39. The molecule has 2 amide bonds. The lowest BCUT2D eigenvalue weighted by atomic mass is 9.95. The molecule has 38 heavy (non-hydrogen) atoms. The first-order valence-electron chi connectivity index (χ1n) is 13.0. The van der Waals surface area contributed by atoms with E-state index in [0.717, 1.165) is 11.3 Å². The zero-order valence-corrected chi connectivity index (χ0v) is 24.4. The van der Waals surface area contributed by atoms with Crippen LogP contribution in [-0.2, 0) is 11.3 Å². The van der Waals surface area contributed by atoms with E-state index in [-0.39, 0.29) is 23.3 Å². The van der Waals surface area contributed by atoms with Crippen molar-refractivity contribution in [1.29, 1.82) is 0 Å². The first-order valence-corrected chi connectivity index (χ1v) is 14.2. The van der Waals surface area contributed by atoms with Crippen LogP contribution in [0.4, 0.5) is 16.3 Å². The van der Waals surface area contributed by atoms with Crippen LogP contribution in [0.2, 0.25) is 0 Å². The molecular weight excluding hydrogens is 502 g/mol. The standard InChI is InChI=1S/C28H41N5O4S/c1-19(2)23(11-12-32(27(35)36)18-28(3,4)5)37-17-20-9-8-10-21(15-20)33-14-13-31(6)24-22(25(33)34)16-29-26(30-24)38-7/h8-10,15-16,19,23H,11-14,17-18H2,1-7H3,(H,35,36). The fraction of sp³-hybridized carbons (Fsp3) is 0.571. The summed E-state index contributed by atoms with van der Waals surface area (Å²) in [6.07, 6.45) is 3.15. The highest BCUT2D eigenvalue weighted by Gasteiger charge is 2.28. The lowest BCUT2D eigenvalue weighted by molar-refractivity contribution is -0.00122. The second-order valence-corrected chi connectivity index (χ2v) is 12.1. The van der Waals surface area contributed by atoms with E-state index in [1.165, 1.54) is 16.7 Å². The van der Waals surface area contributed by atoms with E-state index in [4.69, 9.17) is 4.74 Å². The number of nitrogens with zero attached hydrogens (tertiary/aromatic N) is 5. The molecule has 2 aromatic rings. The largest absolute Gasteiger partial charge is 0.465 e. The third-order valence-corrected chi connectivity index (χ3v) is 7.04. The van der Waals surface area contributed by atoms with Gasteiger partial charge >= 0.3 is 6.09 Å². The molecule has 0 saturated carbocycles. The van der Waals surface area contributed by atoms with E-state index in [1.54, 1.807) is 11.1 Å². The number of rotatable bonds is 10. The number of fused-ring (bicyclic) bond motifs is 1. The van der Waals surface area contributed by atoms with Crippen LogP contribution in [0.1, 0.15) is 57.0 Å². The van der Waals surface area contributed by atoms with E-state index in [2.05, 4.69) is 23.8 Å². The van der Waals surface area contributed by atoms with E-state index in [9.17, 15) is 14.7 Å². The topological polar surface area (TPSA) is 99.1 Å². The minimum Gasteiger partial charge on any atom is -0.465 e. The second kappa shape index (κ2) is 12.8. The summed E-state index contributed by atoms with van der Waals surface area (Å²) in [5.74, 6) is 0.759. The Balaban J connectivity index is 1.71. The van der Waals surface area contributed by atoms with Gasteiger partial charge in [0.25, 0.3) is 5.91 Å². The Morgan fingerprint density at radius 3 is 2.63 bits per heavy atom. The number of carboxylic acid groups (broad SMARTS) is 1.